The molecule has 0 unspecified atom stereocenters. The van der Waals surface area contributed by atoms with Crippen LogP contribution in [0.2, 0.25) is 0 Å². The van der Waals surface area contributed by atoms with Gasteiger partial charge in [0.05, 0.1) is 5.56 Å². The Morgan fingerprint density at radius 3 is 2.77 bits per heavy atom. The van der Waals surface area contributed by atoms with Crippen molar-refractivity contribution in [1.82, 2.24) is 0 Å². The van der Waals surface area contributed by atoms with E-state index in [4.69, 9.17) is 14.2 Å². The summed E-state index contributed by atoms with van der Waals surface area (Å²) in [6, 6.07) is 12.7. The first-order chi connectivity index (χ1) is 12.5. The van der Waals surface area contributed by atoms with Crippen molar-refractivity contribution in [3.05, 3.63) is 53.6 Å². The number of benzene rings is 2. The lowest BCUT2D eigenvalue weighted by Crippen LogP contribution is -2.43. The molecule has 2 aromatic carbocycles. The first-order valence-electron chi connectivity index (χ1n) is 8.56. The van der Waals surface area contributed by atoms with Gasteiger partial charge in [0.25, 0.3) is 5.91 Å². The Balaban J connectivity index is 1.48. The average molecular weight is 353 g/mol. The van der Waals surface area contributed by atoms with Gasteiger partial charge in [-0.05, 0) is 50.1 Å². The van der Waals surface area contributed by atoms with Crippen molar-refractivity contribution in [2.24, 2.45) is 0 Å². The summed E-state index contributed by atoms with van der Waals surface area (Å²) in [4.78, 5) is 27.0. The fraction of sp³-hybridized carbons (Fsp3) is 0.300. The maximum atomic E-state index is 12.9. The molecule has 2 aliphatic heterocycles. The third-order valence-electron chi connectivity index (χ3n) is 4.68. The molecular formula is C20H19NO5. The number of nitrogens with zero attached hydrogens (tertiary/aromatic N) is 1. The highest BCUT2D eigenvalue weighted by Gasteiger charge is 2.34. The molecule has 2 aliphatic rings. The number of para-hydroxylation sites is 1. The molecule has 0 aromatic heterocycles. The molecular weight excluding hydrogens is 334 g/mol. The molecule has 0 saturated carbocycles. The molecule has 26 heavy (non-hydrogen) atoms. The molecule has 0 N–H and O–H groups in total. The Kier molecular flexibility index (Phi) is 4.03. The zero-order valence-electron chi connectivity index (χ0n) is 14.6. The van der Waals surface area contributed by atoms with Crippen molar-refractivity contribution in [3.8, 4) is 11.5 Å². The smallest absolute Gasteiger partial charge is 0.339 e. The van der Waals surface area contributed by atoms with Crippen molar-refractivity contribution in [1.29, 1.82) is 0 Å². The second-order valence-corrected chi connectivity index (χ2v) is 6.51. The summed E-state index contributed by atoms with van der Waals surface area (Å²) in [5, 5.41) is 0. The van der Waals surface area contributed by atoms with E-state index in [1.165, 1.54) is 0 Å². The molecule has 0 saturated heterocycles. The van der Waals surface area contributed by atoms with Crippen molar-refractivity contribution in [3.63, 3.8) is 0 Å². The largest absolute Gasteiger partial charge is 0.454 e. The molecule has 4 rings (SSSR count). The molecule has 1 amide bonds. The number of hydrogen-bond acceptors (Lipinski definition) is 5. The molecule has 134 valence electrons. The zero-order valence-corrected chi connectivity index (χ0v) is 14.6. The SMILES string of the molecule is C[C@H](OC(=O)c1ccc2c(c1)OCO2)C(=O)N1c2ccccc2C[C@H]1C. The van der Waals surface area contributed by atoms with Gasteiger partial charge < -0.3 is 19.1 Å². The van der Waals surface area contributed by atoms with Gasteiger partial charge in [-0.15, -0.1) is 0 Å². The lowest BCUT2D eigenvalue weighted by atomic mass is 10.1. The maximum Gasteiger partial charge on any atom is 0.339 e. The van der Waals surface area contributed by atoms with Gasteiger partial charge in [-0.1, -0.05) is 18.2 Å². The fourth-order valence-electron chi connectivity index (χ4n) is 3.40. The third-order valence-corrected chi connectivity index (χ3v) is 4.68. The quantitative estimate of drug-likeness (QED) is 0.794. The number of rotatable bonds is 3. The summed E-state index contributed by atoms with van der Waals surface area (Å²) in [6.07, 6.45) is -0.0911. The van der Waals surface area contributed by atoms with E-state index in [1.807, 2.05) is 31.2 Å². The molecule has 0 spiro atoms. The van der Waals surface area contributed by atoms with Gasteiger partial charge in [0.15, 0.2) is 17.6 Å². The number of carbonyl (C=O) groups excluding carboxylic acids is 2. The molecule has 6 heteroatoms. The van der Waals surface area contributed by atoms with Crippen LogP contribution in [0.1, 0.15) is 29.8 Å². The molecule has 6 nitrogen and oxygen atoms in total. The van der Waals surface area contributed by atoms with Crippen LogP contribution in [0.5, 0.6) is 11.5 Å². The lowest BCUT2D eigenvalue weighted by Gasteiger charge is -2.25. The highest BCUT2D eigenvalue weighted by molar-refractivity contribution is 6.01. The van der Waals surface area contributed by atoms with Crippen molar-refractivity contribution in [2.75, 3.05) is 11.7 Å². The second kappa shape index (κ2) is 6.37. The van der Waals surface area contributed by atoms with Crippen LogP contribution >= 0.6 is 0 Å². The van der Waals surface area contributed by atoms with E-state index in [0.717, 1.165) is 17.7 Å². The molecule has 0 radical (unpaired) electrons. The number of ether oxygens (including phenoxy) is 3. The van der Waals surface area contributed by atoms with E-state index in [1.54, 1.807) is 30.0 Å². The second-order valence-electron chi connectivity index (χ2n) is 6.51. The number of esters is 1. The maximum absolute atomic E-state index is 12.9. The predicted octanol–water partition coefficient (Wildman–Crippen LogP) is 2.94. The summed E-state index contributed by atoms with van der Waals surface area (Å²) in [7, 11) is 0. The Bertz CT molecular complexity index is 878. The topological polar surface area (TPSA) is 65.1 Å². The first-order valence-corrected chi connectivity index (χ1v) is 8.56. The van der Waals surface area contributed by atoms with Crippen LogP contribution < -0.4 is 14.4 Å². The highest BCUT2D eigenvalue weighted by Crippen LogP contribution is 2.34. The van der Waals surface area contributed by atoms with Crippen LogP contribution in [0.15, 0.2) is 42.5 Å². The summed E-state index contributed by atoms with van der Waals surface area (Å²) in [5.74, 6) is 0.300. The molecule has 0 fully saturated rings. The summed E-state index contributed by atoms with van der Waals surface area (Å²) in [5.41, 5.74) is 2.34. The van der Waals surface area contributed by atoms with Gasteiger partial charge in [-0.2, -0.15) is 0 Å². The van der Waals surface area contributed by atoms with E-state index < -0.39 is 12.1 Å². The zero-order chi connectivity index (χ0) is 18.3. The van der Waals surface area contributed by atoms with E-state index in [0.29, 0.717) is 17.1 Å². The fourth-order valence-corrected chi connectivity index (χ4v) is 3.40. The first kappa shape index (κ1) is 16.4. The Labute approximate surface area is 151 Å². The highest BCUT2D eigenvalue weighted by atomic mass is 16.7. The molecule has 0 bridgehead atoms. The van der Waals surface area contributed by atoms with Crippen LogP contribution in [0, 0.1) is 0 Å². The number of anilines is 1. The van der Waals surface area contributed by atoms with E-state index >= 15 is 0 Å². The van der Waals surface area contributed by atoms with Gasteiger partial charge in [-0.25, -0.2) is 4.79 Å². The normalized spacial score (nSPS) is 18.4. The summed E-state index contributed by atoms with van der Waals surface area (Å²) in [6.45, 7) is 3.72. The average Bonchev–Trinajstić information content (AvgIpc) is 3.23. The van der Waals surface area contributed by atoms with Gasteiger partial charge >= 0.3 is 5.97 Å². The predicted molar refractivity (Wildman–Crippen MR) is 94.5 cm³/mol. The van der Waals surface area contributed by atoms with Gasteiger partial charge in [-0.3, -0.25) is 4.79 Å². The molecule has 0 aliphatic carbocycles. The van der Waals surface area contributed by atoms with Crippen LogP contribution in [-0.2, 0) is 16.0 Å². The minimum atomic E-state index is -0.887. The minimum absolute atomic E-state index is 0.0339. The van der Waals surface area contributed by atoms with Crippen molar-refractivity contribution in [2.45, 2.75) is 32.4 Å². The van der Waals surface area contributed by atoms with Gasteiger partial charge in [0.2, 0.25) is 6.79 Å². The lowest BCUT2D eigenvalue weighted by molar-refractivity contribution is -0.126. The van der Waals surface area contributed by atoms with Crippen LogP contribution in [0.4, 0.5) is 5.69 Å². The Hall–Kier alpha value is -3.02. The van der Waals surface area contributed by atoms with Gasteiger partial charge in [0.1, 0.15) is 0 Å². The Morgan fingerprint density at radius 1 is 1.15 bits per heavy atom. The number of hydrogen-bond donors (Lipinski definition) is 0. The molecule has 2 aromatic rings. The monoisotopic (exact) mass is 353 g/mol. The van der Waals surface area contributed by atoms with Gasteiger partial charge in [0, 0.05) is 11.7 Å². The van der Waals surface area contributed by atoms with Crippen molar-refractivity contribution >= 4 is 17.6 Å². The van der Waals surface area contributed by atoms with Crippen LogP contribution in [-0.4, -0.2) is 30.8 Å². The minimum Gasteiger partial charge on any atom is -0.454 e. The number of carbonyl (C=O) groups is 2. The summed E-state index contributed by atoms with van der Waals surface area (Å²) < 4.78 is 15.9. The number of fused-ring (bicyclic) bond motifs is 2. The molecule has 2 heterocycles. The standard InChI is InChI=1S/C20H19NO5/c1-12-9-14-5-3-4-6-16(14)21(12)19(22)13(2)26-20(23)15-7-8-17-18(10-15)25-11-24-17/h3-8,10,12-13H,9,11H2,1-2H3/t12-,13+/m1/s1. The van der Waals surface area contributed by atoms with Crippen LogP contribution in [0.3, 0.4) is 0 Å². The van der Waals surface area contributed by atoms with Crippen LogP contribution in [0.25, 0.3) is 0 Å². The van der Waals surface area contributed by atoms with Crippen molar-refractivity contribution < 1.29 is 23.8 Å². The molecule has 2 atom stereocenters. The number of amides is 1. The van der Waals surface area contributed by atoms with E-state index in [2.05, 4.69) is 0 Å². The Morgan fingerprint density at radius 2 is 1.92 bits per heavy atom. The van der Waals surface area contributed by atoms with E-state index in [9.17, 15) is 9.59 Å². The third kappa shape index (κ3) is 2.77. The summed E-state index contributed by atoms with van der Waals surface area (Å²) >= 11 is 0. The van der Waals surface area contributed by atoms with E-state index in [-0.39, 0.29) is 18.7 Å².